The van der Waals surface area contributed by atoms with Gasteiger partial charge in [0.25, 0.3) is 0 Å². The highest BCUT2D eigenvalue weighted by atomic mass is 16.5. The first-order valence-electron chi connectivity index (χ1n) is 12.0. The summed E-state index contributed by atoms with van der Waals surface area (Å²) in [6, 6.07) is 20.1. The van der Waals surface area contributed by atoms with Gasteiger partial charge in [-0.25, -0.2) is 0 Å². The summed E-state index contributed by atoms with van der Waals surface area (Å²) in [7, 11) is 0. The van der Waals surface area contributed by atoms with Gasteiger partial charge in [-0.3, -0.25) is 14.4 Å². The fraction of sp³-hybridized carbons (Fsp3) is 0.276. The number of carbonyl (C=O) groups excluding carboxylic acids is 2. The van der Waals surface area contributed by atoms with Crippen LogP contribution in [0.3, 0.4) is 0 Å². The highest BCUT2D eigenvalue weighted by Crippen LogP contribution is 2.30. The second-order valence-electron chi connectivity index (χ2n) is 8.13. The first-order chi connectivity index (χ1) is 17.4. The Hall–Kier alpha value is -4.13. The van der Waals surface area contributed by atoms with E-state index in [0.29, 0.717) is 42.4 Å². The molecule has 0 fully saturated rings. The minimum Gasteiger partial charge on any atom is -0.490 e. The van der Waals surface area contributed by atoms with Crippen molar-refractivity contribution in [3.63, 3.8) is 0 Å². The van der Waals surface area contributed by atoms with Gasteiger partial charge in [0.1, 0.15) is 0 Å². The van der Waals surface area contributed by atoms with Gasteiger partial charge in [-0.15, -0.1) is 0 Å². The number of carboxylic acids is 1. The highest BCUT2D eigenvalue weighted by molar-refractivity contribution is 6.00. The molecule has 0 unspecified atom stereocenters. The van der Waals surface area contributed by atoms with Crippen LogP contribution in [0, 0.1) is 0 Å². The maximum absolute atomic E-state index is 12.7. The average Bonchev–Trinajstić information content (AvgIpc) is 2.88. The van der Waals surface area contributed by atoms with E-state index < -0.39 is 5.97 Å². The minimum atomic E-state index is -0.864. The number of rotatable bonds is 13. The molecule has 0 saturated heterocycles. The van der Waals surface area contributed by atoms with E-state index in [1.165, 1.54) is 0 Å². The molecule has 0 radical (unpaired) electrons. The summed E-state index contributed by atoms with van der Waals surface area (Å²) < 4.78 is 11.1. The molecular formula is C29H31NO6. The van der Waals surface area contributed by atoms with Gasteiger partial charge in [0.2, 0.25) is 5.91 Å². The Labute approximate surface area is 211 Å². The van der Waals surface area contributed by atoms with Gasteiger partial charge in [-0.05, 0) is 67.3 Å². The maximum atomic E-state index is 12.7. The van der Waals surface area contributed by atoms with Crippen LogP contribution in [0.15, 0.2) is 66.7 Å². The first kappa shape index (κ1) is 26.5. The summed E-state index contributed by atoms with van der Waals surface area (Å²) in [6.07, 6.45) is 0.476. The zero-order valence-electron chi connectivity index (χ0n) is 20.6. The lowest BCUT2D eigenvalue weighted by Gasteiger charge is -2.13. The lowest BCUT2D eigenvalue weighted by Crippen LogP contribution is -2.14. The number of aryl methyl sites for hydroxylation is 1. The highest BCUT2D eigenvalue weighted by Gasteiger charge is 2.15. The summed E-state index contributed by atoms with van der Waals surface area (Å²) in [6.45, 7) is 4.66. The lowest BCUT2D eigenvalue weighted by molar-refractivity contribution is -0.137. The van der Waals surface area contributed by atoms with Gasteiger partial charge in [0.05, 0.1) is 13.2 Å². The minimum absolute atomic E-state index is 0.0181. The molecular weight excluding hydrogens is 458 g/mol. The van der Waals surface area contributed by atoms with Crippen LogP contribution in [0.5, 0.6) is 11.5 Å². The van der Waals surface area contributed by atoms with Crippen LogP contribution in [-0.4, -0.2) is 36.0 Å². The van der Waals surface area contributed by atoms with Crippen molar-refractivity contribution in [2.45, 2.75) is 39.5 Å². The van der Waals surface area contributed by atoms with Crippen LogP contribution in [-0.2, 0) is 16.0 Å². The molecule has 0 bridgehead atoms. The Balaban J connectivity index is 1.67. The van der Waals surface area contributed by atoms with Crippen molar-refractivity contribution in [1.29, 1.82) is 0 Å². The molecule has 3 aromatic carbocycles. The third-order valence-corrected chi connectivity index (χ3v) is 5.53. The van der Waals surface area contributed by atoms with Gasteiger partial charge in [-0.2, -0.15) is 0 Å². The number of aliphatic carboxylic acids is 1. The number of Topliss-reactive ketones (excluding diaryl/α,β-unsaturated/α-hetero) is 1. The normalized spacial score (nSPS) is 10.5. The number of benzene rings is 3. The second kappa shape index (κ2) is 13.1. The van der Waals surface area contributed by atoms with Crippen molar-refractivity contribution in [3.8, 4) is 22.6 Å². The zero-order chi connectivity index (χ0) is 25.9. The average molecular weight is 490 g/mol. The monoisotopic (exact) mass is 489 g/mol. The molecule has 0 heterocycles. The fourth-order valence-electron chi connectivity index (χ4n) is 3.82. The van der Waals surface area contributed by atoms with Gasteiger partial charge in [0.15, 0.2) is 17.3 Å². The summed E-state index contributed by atoms with van der Waals surface area (Å²) in [5.74, 6) is -0.225. The maximum Gasteiger partial charge on any atom is 0.303 e. The van der Waals surface area contributed by atoms with Crippen LogP contribution in [0.1, 0.15) is 49.0 Å². The van der Waals surface area contributed by atoms with E-state index in [1.807, 2.05) is 56.3 Å². The van der Waals surface area contributed by atoms with Crippen LogP contribution in [0.2, 0.25) is 0 Å². The Morgan fingerprint density at radius 2 is 1.53 bits per heavy atom. The Kier molecular flexibility index (Phi) is 9.63. The quantitative estimate of drug-likeness (QED) is 0.296. The molecule has 3 rings (SSSR count). The Bertz CT molecular complexity index is 1210. The van der Waals surface area contributed by atoms with E-state index in [9.17, 15) is 14.4 Å². The summed E-state index contributed by atoms with van der Waals surface area (Å²) in [5.41, 5.74) is 3.74. The zero-order valence-corrected chi connectivity index (χ0v) is 20.6. The van der Waals surface area contributed by atoms with Crippen molar-refractivity contribution >= 4 is 23.3 Å². The smallest absolute Gasteiger partial charge is 0.303 e. The molecule has 0 aliphatic heterocycles. The lowest BCUT2D eigenvalue weighted by atomic mass is 9.96. The summed E-state index contributed by atoms with van der Waals surface area (Å²) >= 11 is 0. The molecule has 0 aliphatic carbocycles. The van der Waals surface area contributed by atoms with E-state index >= 15 is 0 Å². The van der Waals surface area contributed by atoms with Crippen molar-refractivity contribution in [2.75, 3.05) is 18.5 Å². The SMILES string of the molecule is CCOc1ccc(C(=O)CCC(=O)Nc2ccc(CCC(=O)O)c(-c3ccccc3)c2)cc1OCC. The number of carboxylic acid groups (broad SMARTS) is 1. The molecule has 0 aromatic heterocycles. The van der Waals surface area contributed by atoms with Crippen LogP contribution < -0.4 is 14.8 Å². The van der Waals surface area contributed by atoms with Gasteiger partial charge >= 0.3 is 5.97 Å². The Morgan fingerprint density at radius 3 is 2.22 bits per heavy atom. The largest absolute Gasteiger partial charge is 0.490 e. The van der Waals surface area contributed by atoms with Crippen molar-refractivity contribution < 1.29 is 29.0 Å². The number of nitrogens with one attached hydrogen (secondary N) is 1. The summed E-state index contributed by atoms with van der Waals surface area (Å²) in [4.78, 5) is 36.4. The van der Waals surface area contributed by atoms with Gasteiger partial charge in [0, 0.05) is 30.5 Å². The van der Waals surface area contributed by atoms with Crippen LogP contribution >= 0.6 is 0 Å². The number of amides is 1. The molecule has 188 valence electrons. The number of ketones is 1. The molecule has 0 saturated carbocycles. The van der Waals surface area contributed by atoms with E-state index in [1.54, 1.807) is 24.3 Å². The molecule has 7 heteroatoms. The topological polar surface area (TPSA) is 102 Å². The third-order valence-electron chi connectivity index (χ3n) is 5.53. The second-order valence-corrected chi connectivity index (χ2v) is 8.13. The molecule has 3 aromatic rings. The molecule has 0 atom stereocenters. The molecule has 0 aliphatic rings. The van der Waals surface area contributed by atoms with Crippen LogP contribution in [0.25, 0.3) is 11.1 Å². The molecule has 7 nitrogen and oxygen atoms in total. The summed E-state index contributed by atoms with van der Waals surface area (Å²) in [5, 5.41) is 11.9. The number of carbonyl (C=O) groups is 3. The van der Waals surface area contributed by atoms with E-state index in [0.717, 1.165) is 16.7 Å². The van der Waals surface area contributed by atoms with E-state index in [4.69, 9.17) is 14.6 Å². The molecule has 36 heavy (non-hydrogen) atoms. The van der Waals surface area contributed by atoms with Gasteiger partial charge < -0.3 is 19.9 Å². The number of hydrogen-bond acceptors (Lipinski definition) is 5. The number of ether oxygens (including phenoxy) is 2. The standard InChI is InChI=1S/C29H31NO6/c1-3-35-26-15-11-22(18-27(26)36-4-2)25(31)14-16-28(32)30-23-13-10-21(12-17-29(33)34)24(19-23)20-8-6-5-7-9-20/h5-11,13,15,18-19H,3-4,12,14,16-17H2,1-2H3,(H,30,32)(H,33,34). The fourth-order valence-corrected chi connectivity index (χ4v) is 3.82. The molecule has 2 N–H and O–H groups in total. The van der Waals surface area contributed by atoms with Crippen molar-refractivity contribution in [3.05, 3.63) is 77.9 Å². The number of hydrogen-bond donors (Lipinski definition) is 2. The molecule has 1 amide bonds. The third kappa shape index (κ3) is 7.43. The van der Waals surface area contributed by atoms with Crippen LogP contribution in [0.4, 0.5) is 5.69 Å². The molecule has 0 spiro atoms. The van der Waals surface area contributed by atoms with E-state index in [-0.39, 0.29) is 31.0 Å². The number of anilines is 1. The first-order valence-corrected chi connectivity index (χ1v) is 12.0. The predicted molar refractivity (Wildman–Crippen MR) is 139 cm³/mol. The van der Waals surface area contributed by atoms with Gasteiger partial charge in [-0.1, -0.05) is 36.4 Å². The predicted octanol–water partition coefficient (Wildman–Crippen LogP) is 5.77. The van der Waals surface area contributed by atoms with Crippen molar-refractivity contribution in [2.24, 2.45) is 0 Å². The van der Waals surface area contributed by atoms with Crippen molar-refractivity contribution in [1.82, 2.24) is 0 Å². The van der Waals surface area contributed by atoms with E-state index in [2.05, 4.69) is 5.32 Å². The Morgan fingerprint density at radius 1 is 0.806 bits per heavy atom.